The van der Waals surface area contributed by atoms with Crippen molar-refractivity contribution in [3.05, 3.63) is 95.5 Å². The Morgan fingerprint density at radius 2 is 1.62 bits per heavy atom. The van der Waals surface area contributed by atoms with Crippen molar-refractivity contribution >= 4 is 28.9 Å². The molecule has 0 heterocycles. The van der Waals surface area contributed by atoms with Crippen LogP contribution in [0, 0.1) is 0 Å². The molecule has 0 unspecified atom stereocenters. The second-order valence-corrected chi connectivity index (χ2v) is 6.90. The van der Waals surface area contributed by atoms with E-state index >= 15 is 0 Å². The molecule has 3 rings (SSSR count). The Morgan fingerprint density at radius 1 is 0.966 bits per heavy atom. The number of para-hydroxylation sites is 3. The van der Waals surface area contributed by atoms with E-state index < -0.39 is 0 Å². The van der Waals surface area contributed by atoms with E-state index in [9.17, 15) is 4.79 Å². The van der Waals surface area contributed by atoms with Crippen LogP contribution in [0.4, 0.5) is 11.4 Å². The number of amides is 1. The van der Waals surface area contributed by atoms with Crippen molar-refractivity contribution in [2.24, 2.45) is 0 Å². The molecule has 0 aromatic heterocycles. The molecule has 3 aromatic carbocycles. The van der Waals surface area contributed by atoms with Crippen LogP contribution in [-0.4, -0.2) is 5.91 Å². The van der Waals surface area contributed by atoms with E-state index in [1.807, 2.05) is 79.7 Å². The van der Waals surface area contributed by atoms with Gasteiger partial charge in [-0.3, -0.25) is 4.79 Å². The fourth-order valence-corrected chi connectivity index (χ4v) is 3.09. The molecule has 0 saturated heterocycles. The molecular weight excluding hydrogens is 384 g/mol. The Kier molecular flexibility index (Phi) is 6.93. The fraction of sp³-hybridized carbons (Fsp3) is 0.125. The molecule has 0 aliphatic carbocycles. The summed E-state index contributed by atoms with van der Waals surface area (Å²) in [6.07, 6.45) is 4.02. The molecule has 0 fully saturated rings. The molecule has 0 bridgehead atoms. The summed E-state index contributed by atoms with van der Waals surface area (Å²) in [6.45, 7) is 3.47. The summed E-state index contributed by atoms with van der Waals surface area (Å²) in [6, 6.07) is 22.6. The summed E-state index contributed by atoms with van der Waals surface area (Å²) in [5.41, 5.74) is 2.57. The van der Waals surface area contributed by atoms with Crippen LogP contribution in [0.3, 0.4) is 0 Å². The van der Waals surface area contributed by atoms with Gasteiger partial charge in [0.1, 0.15) is 5.75 Å². The summed E-state index contributed by atoms with van der Waals surface area (Å²) < 4.78 is 6.06. The summed E-state index contributed by atoms with van der Waals surface area (Å²) in [7, 11) is 0. The van der Waals surface area contributed by atoms with Crippen molar-refractivity contribution in [1.82, 2.24) is 0 Å². The Morgan fingerprint density at radius 3 is 2.31 bits per heavy atom. The lowest BCUT2D eigenvalue weighted by Crippen LogP contribution is -2.14. The Labute approximate surface area is 176 Å². The fourth-order valence-electron chi connectivity index (χ4n) is 2.97. The first-order chi connectivity index (χ1) is 14.1. The molecule has 4 nitrogen and oxygen atoms in total. The molecule has 0 spiro atoms. The van der Waals surface area contributed by atoms with Gasteiger partial charge in [-0.15, -0.1) is 0 Å². The molecule has 5 heteroatoms. The van der Waals surface area contributed by atoms with E-state index in [2.05, 4.69) is 10.6 Å². The van der Waals surface area contributed by atoms with Gasteiger partial charge >= 0.3 is 0 Å². The number of benzene rings is 3. The SMILES string of the molecule is C/C=C/[C@@H](Nc1ccccc1Oc1ccc(Cl)cc1)c1ccccc1NC(C)=O. The van der Waals surface area contributed by atoms with Crippen LogP contribution >= 0.6 is 11.6 Å². The van der Waals surface area contributed by atoms with Crippen LogP contribution in [0.2, 0.25) is 5.02 Å². The first-order valence-corrected chi connectivity index (χ1v) is 9.73. The minimum atomic E-state index is -0.155. The quantitative estimate of drug-likeness (QED) is 0.423. The van der Waals surface area contributed by atoms with Gasteiger partial charge in [0.2, 0.25) is 5.91 Å². The monoisotopic (exact) mass is 406 g/mol. The molecule has 0 aliphatic rings. The average Bonchev–Trinajstić information content (AvgIpc) is 2.71. The van der Waals surface area contributed by atoms with Gasteiger partial charge in [-0.2, -0.15) is 0 Å². The van der Waals surface area contributed by atoms with Crippen LogP contribution in [0.25, 0.3) is 0 Å². The summed E-state index contributed by atoms with van der Waals surface area (Å²) in [4.78, 5) is 11.6. The van der Waals surface area contributed by atoms with E-state index in [4.69, 9.17) is 16.3 Å². The molecular formula is C24H23ClN2O2. The van der Waals surface area contributed by atoms with Gasteiger partial charge in [-0.05, 0) is 49.4 Å². The van der Waals surface area contributed by atoms with Crippen LogP contribution in [0.15, 0.2) is 84.9 Å². The molecule has 0 radical (unpaired) electrons. The lowest BCUT2D eigenvalue weighted by Gasteiger charge is -2.22. The van der Waals surface area contributed by atoms with Crippen molar-refractivity contribution < 1.29 is 9.53 Å². The van der Waals surface area contributed by atoms with Crippen molar-refractivity contribution in [1.29, 1.82) is 0 Å². The third-order valence-electron chi connectivity index (χ3n) is 4.23. The highest BCUT2D eigenvalue weighted by molar-refractivity contribution is 6.30. The summed E-state index contributed by atoms with van der Waals surface area (Å²) >= 11 is 5.96. The van der Waals surface area contributed by atoms with Crippen molar-refractivity contribution in [2.45, 2.75) is 19.9 Å². The van der Waals surface area contributed by atoms with Gasteiger partial charge in [0.05, 0.1) is 11.7 Å². The highest BCUT2D eigenvalue weighted by Crippen LogP contribution is 2.34. The van der Waals surface area contributed by atoms with Gasteiger partial charge in [-0.1, -0.05) is 54.1 Å². The maximum absolute atomic E-state index is 11.6. The standard InChI is InChI=1S/C24H23ClN2O2/c1-3-8-21(20-9-4-5-10-22(20)26-17(2)28)27-23-11-6-7-12-24(23)29-19-15-13-18(25)14-16-19/h3-16,21,27H,1-2H3,(H,26,28)/b8-3+/t21-/m1/s1. The summed E-state index contributed by atoms with van der Waals surface area (Å²) in [5.74, 6) is 1.29. The second-order valence-electron chi connectivity index (χ2n) is 6.47. The number of rotatable bonds is 7. The summed E-state index contributed by atoms with van der Waals surface area (Å²) in [5, 5.41) is 7.08. The van der Waals surface area contributed by atoms with Gasteiger partial charge < -0.3 is 15.4 Å². The number of hydrogen-bond acceptors (Lipinski definition) is 3. The number of hydrogen-bond donors (Lipinski definition) is 2. The minimum absolute atomic E-state index is 0.108. The van der Waals surface area contributed by atoms with Crippen LogP contribution in [-0.2, 0) is 4.79 Å². The first-order valence-electron chi connectivity index (χ1n) is 9.35. The molecule has 29 heavy (non-hydrogen) atoms. The second kappa shape index (κ2) is 9.80. The molecule has 1 atom stereocenters. The highest BCUT2D eigenvalue weighted by Gasteiger charge is 2.15. The molecule has 0 aliphatic heterocycles. The Bertz CT molecular complexity index is 1000. The third kappa shape index (κ3) is 5.62. The third-order valence-corrected chi connectivity index (χ3v) is 4.48. The number of ether oxygens (including phenoxy) is 1. The predicted molar refractivity (Wildman–Crippen MR) is 120 cm³/mol. The zero-order valence-corrected chi connectivity index (χ0v) is 17.1. The number of halogens is 1. The topological polar surface area (TPSA) is 50.4 Å². The number of anilines is 2. The average molecular weight is 407 g/mol. The highest BCUT2D eigenvalue weighted by atomic mass is 35.5. The molecule has 148 valence electrons. The Balaban J connectivity index is 1.91. The van der Waals surface area contributed by atoms with Gasteiger partial charge in [-0.25, -0.2) is 0 Å². The number of carbonyl (C=O) groups excluding carboxylic acids is 1. The minimum Gasteiger partial charge on any atom is -0.455 e. The lowest BCUT2D eigenvalue weighted by molar-refractivity contribution is -0.114. The molecule has 1 amide bonds. The first kappa shape index (κ1) is 20.5. The molecule has 0 saturated carbocycles. The van der Waals surface area contributed by atoms with Crippen molar-refractivity contribution in [2.75, 3.05) is 10.6 Å². The predicted octanol–water partition coefficient (Wildman–Crippen LogP) is 6.82. The van der Waals surface area contributed by atoms with E-state index in [1.54, 1.807) is 12.1 Å². The number of carbonyl (C=O) groups is 1. The maximum atomic E-state index is 11.6. The van der Waals surface area contributed by atoms with Crippen LogP contribution in [0.1, 0.15) is 25.5 Å². The van der Waals surface area contributed by atoms with Crippen LogP contribution in [0.5, 0.6) is 11.5 Å². The Hall–Kier alpha value is -3.24. The number of allylic oxidation sites excluding steroid dienone is 1. The van der Waals surface area contributed by atoms with Crippen molar-refractivity contribution in [3.63, 3.8) is 0 Å². The van der Waals surface area contributed by atoms with Gasteiger partial charge in [0.15, 0.2) is 5.75 Å². The number of nitrogens with one attached hydrogen (secondary N) is 2. The van der Waals surface area contributed by atoms with Gasteiger partial charge in [0, 0.05) is 23.2 Å². The smallest absolute Gasteiger partial charge is 0.221 e. The van der Waals surface area contributed by atoms with E-state index in [0.29, 0.717) is 16.5 Å². The van der Waals surface area contributed by atoms with Crippen molar-refractivity contribution in [3.8, 4) is 11.5 Å². The normalized spacial score (nSPS) is 11.8. The molecule has 2 N–H and O–H groups in total. The lowest BCUT2D eigenvalue weighted by atomic mass is 10.0. The van der Waals surface area contributed by atoms with Crippen LogP contribution < -0.4 is 15.4 Å². The largest absolute Gasteiger partial charge is 0.455 e. The van der Waals surface area contributed by atoms with E-state index in [-0.39, 0.29) is 11.9 Å². The zero-order chi connectivity index (χ0) is 20.6. The molecule has 3 aromatic rings. The van der Waals surface area contributed by atoms with E-state index in [1.165, 1.54) is 6.92 Å². The van der Waals surface area contributed by atoms with Gasteiger partial charge in [0.25, 0.3) is 0 Å². The maximum Gasteiger partial charge on any atom is 0.221 e. The zero-order valence-electron chi connectivity index (χ0n) is 16.4. The van der Waals surface area contributed by atoms with E-state index in [0.717, 1.165) is 16.9 Å².